The molecule has 4 nitrogen and oxygen atoms in total. The van der Waals surface area contributed by atoms with Gasteiger partial charge < -0.3 is 10.1 Å². The summed E-state index contributed by atoms with van der Waals surface area (Å²) in [6, 6.07) is 16.0. The first kappa shape index (κ1) is 15.2. The summed E-state index contributed by atoms with van der Waals surface area (Å²) in [6.07, 6.45) is 2.04. The molecule has 2 heterocycles. The Morgan fingerprint density at radius 3 is 2.58 bits per heavy atom. The Morgan fingerprint density at radius 2 is 1.83 bits per heavy atom. The number of hydrogen-bond donors (Lipinski definition) is 1. The van der Waals surface area contributed by atoms with Crippen molar-refractivity contribution in [2.45, 2.75) is 4.34 Å². The molecule has 0 aliphatic heterocycles. The molecule has 24 heavy (non-hydrogen) atoms. The van der Waals surface area contributed by atoms with Crippen LogP contribution in [0.4, 0.5) is 11.4 Å². The van der Waals surface area contributed by atoms with Gasteiger partial charge in [0.05, 0.1) is 18.3 Å². The van der Waals surface area contributed by atoms with Gasteiger partial charge in [0, 0.05) is 11.1 Å². The zero-order valence-electron chi connectivity index (χ0n) is 13.2. The highest BCUT2D eigenvalue weighted by Gasteiger charge is 2.14. The van der Waals surface area contributed by atoms with Crippen LogP contribution in [0.1, 0.15) is 0 Å². The molecule has 0 fully saturated rings. The topological polar surface area (TPSA) is 47.0 Å². The molecule has 0 radical (unpaired) electrons. The summed E-state index contributed by atoms with van der Waals surface area (Å²) < 4.78 is 6.25. The van der Waals surface area contributed by atoms with Crippen LogP contribution in [0, 0.1) is 0 Å². The molecule has 0 aliphatic rings. The number of thioether (sulfide) groups is 1. The van der Waals surface area contributed by atoms with Gasteiger partial charge >= 0.3 is 0 Å². The zero-order valence-corrected chi connectivity index (χ0v) is 14.9. The minimum absolute atomic E-state index is 0.837. The van der Waals surface area contributed by atoms with Gasteiger partial charge in [-0.15, -0.1) is 0 Å². The van der Waals surface area contributed by atoms with Gasteiger partial charge in [-0.05, 0) is 36.6 Å². The summed E-state index contributed by atoms with van der Waals surface area (Å²) in [5.41, 5.74) is 3.88. The highest BCUT2D eigenvalue weighted by atomic mass is 32.2. The van der Waals surface area contributed by atoms with Crippen molar-refractivity contribution in [2.24, 2.45) is 0 Å². The summed E-state index contributed by atoms with van der Waals surface area (Å²) in [6.45, 7) is 0. The third-order valence-electron chi connectivity index (χ3n) is 3.76. The fourth-order valence-electron chi connectivity index (χ4n) is 2.58. The molecular weight excluding hydrogens is 338 g/mol. The summed E-state index contributed by atoms with van der Waals surface area (Å²) in [5.74, 6) is 0.837. The van der Waals surface area contributed by atoms with Crippen molar-refractivity contribution in [1.29, 1.82) is 0 Å². The highest BCUT2D eigenvalue weighted by Crippen LogP contribution is 2.37. The molecule has 2 aromatic carbocycles. The number of anilines is 2. The number of ether oxygens (including phenoxy) is 1. The summed E-state index contributed by atoms with van der Waals surface area (Å²) in [5, 5.41) is 4.59. The van der Waals surface area contributed by atoms with Crippen LogP contribution in [-0.2, 0) is 0 Å². The Bertz CT molecular complexity index is 1010. The Morgan fingerprint density at radius 1 is 1.04 bits per heavy atom. The minimum Gasteiger partial charge on any atom is -0.497 e. The van der Waals surface area contributed by atoms with E-state index >= 15 is 0 Å². The maximum Gasteiger partial charge on any atom is 0.152 e. The second kappa shape index (κ2) is 6.30. The largest absolute Gasteiger partial charge is 0.497 e. The van der Waals surface area contributed by atoms with Gasteiger partial charge in [-0.3, -0.25) is 0 Å². The number of benzene rings is 2. The standard InChI is InChI=1S/C18H15N3OS2/c1-22-12-9-7-11(8-10-12)19-15-13-5-3-4-6-14(13)20-17-16(15)21-18(23-2)24-17/h3-10H,1-2H3,(H,19,20). The van der Waals surface area contributed by atoms with Crippen molar-refractivity contribution >= 4 is 55.7 Å². The average molecular weight is 353 g/mol. The summed E-state index contributed by atoms with van der Waals surface area (Å²) in [4.78, 5) is 10.5. The smallest absolute Gasteiger partial charge is 0.152 e. The normalized spacial score (nSPS) is 11.1. The van der Waals surface area contributed by atoms with Gasteiger partial charge in [0.25, 0.3) is 0 Å². The molecule has 0 atom stereocenters. The molecule has 6 heteroatoms. The Balaban J connectivity index is 1.90. The van der Waals surface area contributed by atoms with Crippen molar-refractivity contribution in [2.75, 3.05) is 18.7 Å². The Labute approximate surface area is 147 Å². The molecule has 0 aliphatic carbocycles. The van der Waals surface area contributed by atoms with Crippen molar-refractivity contribution in [3.63, 3.8) is 0 Å². The first-order valence-corrected chi connectivity index (χ1v) is 9.47. The van der Waals surface area contributed by atoms with Crippen LogP contribution in [0.3, 0.4) is 0 Å². The highest BCUT2D eigenvalue weighted by molar-refractivity contribution is 8.00. The molecule has 120 valence electrons. The van der Waals surface area contributed by atoms with E-state index in [0.29, 0.717) is 0 Å². The van der Waals surface area contributed by atoms with Crippen LogP contribution < -0.4 is 10.1 Å². The number of hydrogen-bond acceptors (Lipinski definition) is 6. The molecule has 2 aromatic heterocycles. The molecule has 0 bridgehead atoms. The quantitative estimate of drug-likeness (QED) is 0.503. The molecule has 0 unspecified atom stereocenters. The number of fused-ring (bicyclic) bond motifs is 2. The first-order valence-electron chi connectivity index (χ1n) is 7.43. The number of rotatable bonds is 4. The van der Waals surface area contributed by atoms with Gasteiger partial charge in [0.2, 0.25) is 0 Å². The van der Waals surface area contributed by atoms with Crippen LogP contribution in [0.15, 0.2) is 52.9 Å². The minimum atomic E-state index is 0.837. The predicted octanol–water partition coefficient (Wildman–Crippen LogP) is 5.32. The lowest BCUT2D eigenvalue weighted by Crippen LogP contribution is -1.95. The number of para-hydroxylation sites is 1. The average Bonchev–Trinajstić information content (AvgIpc) is 3.05. The van der Waals surface area contributed by atoms with Gasteiger partial charge in [-0.1, -0.05) is 41.3 Å². The van der Waals surface area contributed by atoms with E-state index in [-0.39, 0.29) is 0 Å². The van der Waals surface area contributed by atoms with E-state index in [1.54, 1.807) is 30.2 Å². The second-order valence-electron chi connectivity index (χ2n) is 5.20. The first-order chi connectivity index (χ1) is 11.8. The van der Waals surface area contributed by atoms with E-state index in [9.17, 15) is 0 Å². The SMILES string of the molecule is COc1ccc(Nc2c3ccccc3nc3sc(SC)nc23)cc1. The second-order valence-corrected chi connectivity index (χ2v) is 7.23. The predicted molar refractivity (Wildman–Crippen MR) is 103 cm³/mol. The number of nitrogens with one attached hydrogen (secondary N) is 1. The van der Waals surface area contributed by atoms with E-state index in [4.69, 9.17) is 14.7 Å². The Hall–Kier alpha value is -2.31. The van der Waals surface area contributed by atoms with E-state index in [0.717, 1.165) is 42.7 Å². The Kier molecular flexibility index (Phi) is 4.00. The third kappa shape index (κ3) is 2.68. The lowest BCUT2D eigenvalue weighted by atomic mass is 10.1. The summed E-state index contributed by atoms with van der Waals surface area (Å²) >= 11 is 3.27. The number of pyridine rings is 1. The molecule has 4 rings (SSSR count). The van der Waals surface area contributed by atoms with Crippen LogP contribution in [-0.4, -0.2) is 23.3 Å². The van der Waals surface area contributed by atoms with Gasteiger partial charge in [-0.2, -0.15) is 0 Å². The van der Waals surface area contributed by atoms with Crippen molar-refractivity contribution in [3.8, 4) is 5.75 Å². The van der Waals surface area contributed by atoms with E-state index in [2.05, 4.69) is 11.4 Å². The monoisotopic (exact) mass is 353 g/mol. The van der Waals surface area contributed by atoms with Gasteiger partial charge in [0.15, 0.2) is 4.34 Å². The maximum absolute atomic E-state index is 5.23. The number of aromatic nitrogens is 2. The summed E-state index contributed by atoms with van der Waals surface area (Å²) in [7, 11) is 1.67. The molecule has 0 saturated carbocycles. The van der Waals surface area contributed by atoms with Crippen molar-refractivity contribution < 1.29 is 4.74 Å². The molecule has 1 N–H and O–H groups in total. The van der Waals surface area contributed by atoms with E-state index in [1.807, 2.05) is 48.7 Å². The van der Waals surface area contributed by atoms with Crippen LogP contribution in [0.25, 0.3) is 21.3 Å². The lowest BCUT2D eigenvalue weighted by molar-refractivity contribution is 0.415. The fourth-order valence-corrected chi connectivity index (χ4v) is 4.03. The van der Waals surface area contributed by atoms with Crippen molar-refractivity contribution in [3.05, 3.63) is 48.5 Å². The third-order valence-corrected chi connectivity index (χ3v) is 5.69. The number of methoxy groups -OCH3 is 1. The van der Waals surface area contributed by atoms with Crippen LogP contribution in [0.2, 0.25) is 0 Å². The maximum atomic E-state index is 5.23. The van der Waals surface area contributed by atoms with Gasteiger partial charge in [-0.25, -0.2) is 9.97 Å². The molecule has 0 amide bonds. The zero-order chi connectivity index (χ0) is 16.5. The molecule has 0 saturated heterocycles. The number of thiazole rings is 1. The van der Waals surface area contributed by atoms with Gasteiger partial charge in [0.1, 0.15) is 16.1 Å². The van der Waals surface area contributed by atoms with Crippen LogP contribution >= 0.6 is 23.1 Å². The molecular formula is C18H15N3OS2. The van der Waals surface area contributed by atoms with E-state index in [1.165, 1.54) is 0 Å². The number of nitrogens with zero attached hydrogens (tertiary/aromatic N) is 2. The van der Waals surface area contributed by atoms with Crippen molar-refractivity contribution in [1.82, 2.24) is 9.97 Å². The fraction of sp³-hybridized carbons (Fsp3) is 0.111. The van der Waals surface area contributed by atoms with E-state index < -0.39 is 0 Å². The molecule has 0 spiro atoms. The van der Waals surface area contributed by atoms with Crippen LogP contribution in [0.5, 0.6) is 5.75 Å². The lowest BCUT2D eigenvalue weighted by Gasteiger charge is -2.11. The molecule has 4 aromatic rings.